The number of ether oxygens (including phenoxy) is 1. The number of carbonyl (C=O) groups excluding carboxylic acids is 2. The highest BCUT2D eigenvalue weighted by Gasteiger charge is 2.24. The van der Waals surface area contributed by atoms with E-state index in [1.165, 1.54) is 29.8 Å². The summed E-state index contributed by atoms with van der Waals surface area (Å²) in [6.07, 6.45) is 0. The maximum Gasteiger partial charge on any atom is 0.356 e. The number of ketones is 1. The number of Topliss-reactive ketones (excluding diaryl/α,β-unsaturated/α-hetero) is 1. The molecule has 0 fully saturated rings. The highest BCUT2D eigenvalue weighted by atomic mass is 16.6. The maximum absolute atomic E-state index is 13.1. The first kappa shape index (κ1) is 21.6. The third-order valence-corrected chi connectivity index (χ3v) is 5.27. The largest absolute Gasteiger partial charge is 0.453 e. The molecule has 0 aliphatic heterocycles. The monoisotopic (exact) mass is 442 g/mol. The van der Waals surface area contributed by atoms with Gasteiger partial charge in [0, 0.05) is 35.7 Å². The van der Waals surface area contributed by atoms with Crippen molar-refractivity contribution in [1.82, 2.24) is 4.57 Å². The Morgan fingerprint density at radius 2 is 1.61 bits per heavy atom. The van der Waals surface area contributed by atoms with E-state index in [4.69, 9.17) is 4.74 Å². The quantitative estimate of drug-likeness (QED) is 0.192. The minimum Gasteiger partial charge on any atom is -0.453 e. The Labute approximate surface area is 187 Å². The highest BCUT2D eigenvalue weighted by Crippen LogP contribution is 2.30. The second kappa shape index (κ2) is 8.88. The van der Waals surface area contributed by atoms with E-state index in [0.29, 0.717) is 21.9 Å². The van der Waals surface area contributed by atoms with Gasteiger partial charge in [-0.05, 0) is 17.0 Å². The second-order valence-corrected chi connectivity index (χ2v) is 7.31. The van der Waals surface area contributed by atoms with Crippen LogP contribution in [0.5, 0.6) is 0 Å². The lowest BCUT2D eigenvalue weighted by atomic mass is 9.97. The first-order valence-electron chi connectivity index (χ1n) is 10.0. The van der Waals surface area contributed by atoms with Gasteiger partial charge >= 0.3 is 5.97 Å². The first-order chi connectivity index (χ1) is 15.9. The van der Waals surface area contributed by atoms with Gasteiger partial charge in [0.2, 0.25) is 5.78 Å². The smallest absolute Gasteiger partial charge is 0.356 e. The molecule has 0 radical (unpaired) electrons. The third-order valence-electron chi connectivity index (χ3n) is 5.27. The molecule has 4 rings (SSSR count). The molecule has 1 heterocycles. The van der Waals surface area contributed by atoms with Crippen LogP contribution in [-0.4, -0.2) is 27.8 Å². The van der Waals surface area contributed by atoms with Crippen molar-refractivity contribution in [2.24, 2.45) is 7.05 Å². The summed E-state index contributed by atoms with van der Waals surface area (Å²) in [5.74, 6) is -1.45. The van der Waals surface area contributed by atoms with Gasteiger partial charge in [-0.2, -0.15) is 0 Å². The van der Waals surface area contributed by atoms with Gasteiger partial charge in [-0.15, -0.1) is 0 Å². The van der Waals surface area contributed by atoms with E-state index in [1.54, 1.807) is 24.3 Å². The van der Waals surface area contributed by atoms with Gasteiger partial charge < -0.3 is 9.30 Å². The van der Waals surface area contributed by atoms with Crippen molar-refractivity contribution in [1.29, 1.82) is 0 Å². The zero-order valence-electron chi connectivity index (χ0n) is 17.6. The molecule has 0 saturated heterocycles. The van der Waals surface area contributed by atoms with E-state index in [1.807, 2.05) is 30.3 Å². The Hall–Kier alpha value is -4.59. The molecule has 8 nitrogen and oxygen atoms in total. The number of esters is 1. The van der Waals surface area contributed by atoms with E-state index in [2.05, 4.69) is 0 Å². The van der Waals surface area contributed by atoms with E-state index in [-0.39, 0.29) is 22.5 Å². The molecular formula is C25H18N2O6. The van der Waals surface area contributed by atoms with Gasteiger partial charge in [-0.3, -0.25) is 19.7 Å². The summed E-state index contributed by atoms with van der Waals surface area (Å²) in [6, 6.07) is 21.2. The molecule has 0 unspecified atom stereocenters. The molecule has 0 aliphatic rings. The number of carbonyl (C=O) groups is 2. The Morgan fingerprint density at radius 1 is 0.939 bits per heavy atom. The van der Waals surface area contributed by atoms with Crippen LogP contribution in [0, 0.1) is 10.1 Å². The topological polar surface area (TPSA) is 109 Å². The number of pyridine rings is 1. The van der Waals surface area contributed by atoms with Gasteiger partial charge in [0.15, 0.2) is 6.61 Å². The molecule has 3 aromatic carbocycles. The summed E-state index contributed by atoms with van der Waals surface area (Å²) < 4.78 is 6.49. The van der Waals surface area contributed by atoms with E-state index in [0.717, 1.165) is 6.07 Å². The van der Waals surface area contributed by atoms with Gasteiger partial charge in [-0.1, -0.05) is 60.7 Å². The van der Waals surface area contributed by atoms with Crippen LogP contribution in [-0.2, 0) is 11.8 Å². The Kier molecular flexibility index (Phi) is 5.82. The summed E-state index contributed by atoms with van der Waals surface area (Å²) in [6.45, 7) is -0.630. The van der Waals surface area contributed by atoms with Gasteiger partial charge in [0.25, 0.3) is 11.2 Å². The molecule has 4 aromatic rings. The molecule has 0 amide bonds. The average Bonchev–Trinajstić information content (AvgIpc) is 2.85. The number of hydrogen-bond donors (Lipinski definition) is 0. The fourth-order valence-corrected chi connectivity index (χ4v) is 3.68. The summed E-state index contributed by atoms with van der Waals surface area (Å²) in [5, 5.41) is 12.0. The SMILES string of the molecule is Cn1c(C(=O)OCC(=O)c2cccc([N+](=O)[O-])c2)c(-c2ccccc2)c2ccccc2c1=O. The molecule has 0 saturated carbocycles. The van der Waals surface area contributed by atoms with Crippen molar-refractivity contribution < 1.29 is 19.2 Å². The van der Waals surface area contributed by atoms with Crippen LogP contribution >= 0.6 is 0 Å². The molecule has 0 N–H and O–H groups in total. The van der Waals surface area contributed by atoms with Crippen molar-refractivity contribution in [2.75, 3.05) is 6.61 Å². The standard InChI is InChI=1S/C25H18N2O6/c1-26-23(25(30)33-15-21(28)17-10-7-11-18(14-17)27(31)32)22(16-8-3-2-4-9-16)19-12-5-6-13-20(19)24(26)29/h2-14H,15H2,1H3. The van der Waals surface area contributed by atoms with E-state index in [9.17, 15) is 24.5 Å². The molecule has 1 aromatic heterocycles. The number of hydrogen-bond acceptors (Lipinski definition) is 6. The number of non-ortho nitro benzene ring substituents is 1. The van der Waals surface area contributed by atoms with Crippen molar-refractivity contribution in [3.8, 4) is 11.1 Å². The molecule has 8 heteroatoms. The minimum atomic E-state index is -0.849. The fourth-order valence-electron chi connectivity index (χ4n) is 3.68. The Balaban J connectivity index is 1.74. The van der Waals surface area contributed by atoms with Gasteiger partial charge in [-0.25, -0.2) is 4.79 Å². The lowest BCUT2D eigenvalue weighted by Gasteiger charge is -2.16. The number of nitro benzene ring substituents is 1. The van der Waals surface area contributed by atoms with Crippen molar-refractivity contribution in [3.63, 3.8) is 0 Å². The number of benzene rings is 3. The van der Waals surface area contributed by atoms with Crippen molar-refractivity contribution in [2.45, 2.75) is 0 Å². The maximum atomic E-state index is 13.1. The lowest BCUT2D eigenvalue weighted by Crippen LogP contribution is -2.27. The van der Waals surface area contributed by atoms with Crippen LogP contribution in [0.25, 0.3) is 21.9 Å². The van der Waals surface area contributed by atoms with Crippen LogP contribution < -0.4 is 5.56 Å². The predicted molar refractivity (Wildman–Crippen MR) is 122 cm³/mol. The van der Waals surface area contributed by atoms with E-state index >= 15 is 0 Å². The summed E-state index contributed by atoms with van der Waals surface area (Å²) in [7, 11) is 1.47. The summed E-state index contributed by atoms with van der Waals surface area (Å²) in [4.78, 5) is 48.9. The first-order valence-corrected chi connectivity index (χ1v) is 10.0. The third kappa shape index (κ3) is 4.14. The van der Waals surface area contributed by atoms with Crippen molar-refractivity contribution >= 4 is 28.2 Å². The average molecular weight is 442 g/mol. The van der Waals surface area contributed by atoms with E-state index < -0.39 is 23.3 Å². The number of aromatic nitrogens is 1. The fraction of sp³-hybridized carbons (Fsp3) is 0.0800. The molecule has 33 heavy (non-hydrogen) atoms. The van der Waals surface area contributed by atoms with Gasteiger partial charge in [0.1, 0.15) is 5.69 Å². The Bertz CT molecular complexity index is 1460. The molecule has 164 valence electrons. The molecule has 0 bridgehead atoms. The number of nitrogens with zero attached hydrogens (tertiary/aromatic N) is 2. The zero-order valence-corrected chi connectivity index (χ0v) is 17.6. The molecule has 0 aliphatic carbocycles. The minimum absolute atomic E-state index is 0.0109. The normalized spacial score (nSPS) is 10.7. The van der Waals surface area contributed by atoms with Crippen LogP contribution in [0.15, 0.2) is 83.7 Å². The van der Waals surface area contributed by atoms with Crippen LogP contribution in [0.1, 0.15) is 20.8 Å². The zero-order chi connectivity index (χ0) is 23.5. The number of nitro groups is 1. The molecular weight excluding hydrogens is 424 g/mol. The van der Waals surface area contributed by atoms with Crippen molar-refractivity contribution in [3.05, 3.63) is 111 Å². The Morgan fingerprint density at radius 3 is 2.30 bits per heavy atom. The molecule has 0 atom stereocenters. The summed E-state index contributed by atoms with van der Waals surface area (Å²) in [5.41, 5.74) is 0.671. The number of rotatable bonds is 6. The van der Waals surface area contributed by atoms with Crippen LogP contribution in [0.3, 0.4) is 0 Å². The highest BCUT2D eigenvalue weighted by molar-refractivity contribution is 6.07. The molecule has 0 spiro atoms. The summed E-state index contributed by atoms with van der Waals surface area (Å²) >= 11 is 0. The van der Waals surface area contributed by atoms with Crippen LogP contribution in [0.2, 0.25) is 0 Å². The number of fused-ring (bicyclic) bond motifs is 1. The second-order valence-electron chi connectivity index (χ2n) is 7.31. The predicted octanol–water partition coefficient (Wildman–Crippen LogP) is 4.15. The van der Waals surface area contributed by atoms with Gasteiger partial charge in [0.05, 0.1) is 4.92 Å². The van der Waals surface area contributed by atoms with Crippen LogP contribution in [0.4, 0.5) is 5.69 Å². The lowest BCUT2D eigenvalue weighted by molar-refractivity contribution is -0.384.